The maximum Gasteiger partial charge on any atom is 0.337 e. The number of imide groups is 1. The second-order valence-corrected chi connectivity index (χ2v) is 12.0. The van der Waals surface area contributed by atoms with Crippen LogP contribution < -0.4 is 0 Å². The molecule has 0 aliphatic carbocycles. The lowest BCUT2D eigenvalue weighted by molar-refractivity contribution is -0.130. The van der Waals surface area contributed by atoms with Crippen LogP contribution in [-0.4, -0.2) is 43.9 Å². The first-order valence-electron chi connectivity index (χ1n) is 14.8. The van der Waals surface area contributed by atoms with Crippen LogP contribution in [0.25, 0.3) is 5.57 Å². The van der Waals surface area contributed by atoms with Crippen molar-refractivity contribution in [3.63, 3.8) is 0 Å². The van der Waals surface area contributed by atoms with E-state index in [1.54, 1.807) is 42.9 Å². The van der Waals surface area contributed by atoms with E-state index in [-0.39, 0.29) is 23.9 Å². The summed E-state index contributed by atoms with van der Waals surface area (Å²) in [4.78, 5) is 44.5. The number of rotatable bonds is 10. The lowest BCUT2D eigenvalue weighted by atomic mass is 9.77. The average Bonchev–Trinajstić information content (AvgIpc) is 3.63. The van der Waals surface area contributed by atoms with E-state index in [4.69, 9.17) is 0 Å². The van der Waals surface area contributed by atoms with Gasteiger partial charge in [0.1, 0.15) is 5.54 Å². The Balaban J connectivity index is 1.37. The molecule has 0 radical (unpaired) electrons. The number of amides is 2. The summed E-state index contributed by atoms with van der Waals surface area (Å²) < 4.78 is 1.98. The van der Waals surface area contributed by atoms with E-state index in [0.717, 1.165) is 16.7 Å². The summed E-state index contributed by atoms with van der Waals surface area (Å²) >= 11 is 0. The molecule has 45 heavy (non-hydrogen) atoms. The lowest BCUT2D eigenvalue weighted by Crippen LogP contribution is -2.38. The van der Waals surface area contributed by atoms with Gasteiger partial charge in [-0.15, -0.1) is 0 Å². The van der Waals surface area contributed by atoms with Gasteiger partial charge >= 0.3 is 5.97 Å². The fraction of sp³-hybridized carbons (Fsp3) is 0.158. The minimum absolute atomic E-state index is 0.0484. The number of hydrogen-bond acceptors (Lipinski definition) is 4. The van der Waals surface area contributed by atoms with Crippen molar-refractivity contribution in [2.75, 3.05) is 6.54 Å². The van der Waals surface area contributed by atoms with Crippen molar-refractivity contribution in [2.45, 2.75) is 25.8 Å². The number of aromatic nitrogens is 2. The third-order valence-electron chi connectivity index (χ3n) is 8.37. The predicted molar refractivity (Wildman–Crippen MR) is 173 cm³/mol. The molecule has 4 aromatic carbocycles. The Labute approximate surface area is 262 Å². The van der Waals surface area contributed by atoms with E-state index in [1.165, 1.54) is 4.90 Å². The van der Waals surface area contributed by atoms with Gasteiger partial charge in [-0.1, -0.05) is 123 Å². The number of fused-ring (bicyclic) bond motifs is 1. The van der Waals surface area contributed by atoms with E-state index in [0.29, 0.717) is 23.2 Å². The molecule has 1 aliphatic rings. The van der Waals surface area contributed by atoms with Crippen LogP contribution >= 0.6 is 0 Å². The van der Waals surface area contributed by atoms with Gasteiger partial charge in [-0.2, -0.15) is 0 Å². The minimum Gasteiger partial charge on any atom is -0.478 e. The van der Waals surface area contributed by atoms with Crippen LogP contribution in [0.2, 0.25) is 0 Å². The average molecular weight is 596 g/mol. The van der Waals surface area contributed by atoms with Gasteiger partial charge in [-0.05, 0) is 40.7 Å². The molecule has 0 saturated heterocycles. The van der Waals surface area contributed by atoms with Gasteiger partial charge in [0.05, 0.1) is 28.7 Å². The van der Waals surface area contributed by atoms with E-state index in [2.05, 4.69) is 41.4 Å². The molecular formula is C38H33N3O4. The number of imidazole rings is 1. The quantitative estimate of drug-likeness (QED) is 0.108. The molecule has 7 heteroatoms. The van der Waals surface area contributed by atoms with Crippen LogP contribution in [0.4, 0.5) is 0 Å². The van der Waals surface area contributed by atoms with Gasteiger partial charge in [0.25, 0.3) is 11.8 Å². The summed E-state index contributed by atoms with van der Waals surface area (Å²) in [6, 6.07) is 37.0. The first kappa shape index (κ1) is 29.5. The van der Waals surface area contributed by atoms with Crippen molar-refractivity contribution < 1.29 is 19.5 Å². The standard InChI is InChI=1S/C38H33N3O4/c1-37(2,25-41-34(42)30-20-12-13-21-31(30)35(41)43)23-22-32(36(44)45)33-24-40(26-39-33)38(27-14-6-3-7-15-27,28-16-8-4-9-17-28)29-18-10-5-11-19-29/h3-22,24,26H,23,25H2,1-2H3,(H,44,45)/b32-22-. The van der Waals surface area contributed by atoms with Gasteiger partial charge in [0.2, 0.25) is 0 Å². The second-order valence-electron chi connectivity index (χ2n) is 12.0. The summed E-state index contributed by atoms with van der Waals surface area (Å²) in [5.74, 6) is -1.77. The number of aliphatic carboxylic acids is 1. The van der Waals surface area contributed by atoms with Gasteiger partial charge < -0.3 is 9.67 Å². The molecule has 7 nitrogen and oxygen atoms in total. The van der Waals surface area contributed by atoms with Crippen molar-refractivity contribution >= 4 is 23.4 Å². The predicted octanol–water partition coefficient (Wildman–Crippen LogP) is 6.90. The van der Waals surface area contributed by atoms with Crippen molar-refractivity contribution in [3.05, 3.63) is 167 Å². The van der Waals surface area contributed by atoms with E-state index < -0.39 is 16.9 Å². The zero-order valence-corrected chi connectivity index (χ0v) is 25.1. The van der Waals surface area contributed by atoms with Crippen LogP contribution in [0.15, 0.2) is 134 Å². The molecule has 0 unspecified atom stereocenters. The van der Waals surface area contributed by atoms with Crippen LogP contribution in [0.1, 0.15) is 63.4 Å². The second kappa shape index (κ2) is 11.8. The Bertz CT molecular complexity index is 1760. The highest BCUT2D eigenvalue weighted by Gasteiger charge is 2.40. The molecule has 224 valence electrons. The number of allylic oxidation sites excluding steroid dienone is 1. The molecule has 2 amide bonds. The number of hydrogen-bond donors (Lipinski definition) is 1. The normalized spacial score (nSPS) is 13.6. The number of carboxylic acids is 1. The zero-order chi connectivity index (χ0) is 31.6. The summed E-state index contributed by atoms with van der Waals surface area (Å²) in [6.07, 6.45) is 5.41. The third-order valence-corrected chi connectivity index (χ3v) is 8.37. The van der Waals surface area contributed by atoms with E-state index in [1.807, 2.05) is 73.0 Å². The highest BCUT2D eigenvalue weighted by Crippen LogP contribution is 2.41. The molecule has 0 atom stereocenters. The topological polar surface area (TPSA) is 92.5 Å². The molecule has 1 N–H and O–H groups in total. The Kier molecular flexibility index (Phi) is 7.77. The Hall–Kier alpha value is -5.56. The molecule has 5 aromatic rings. The SMILES string of the molecule is CC(C)(C/C=C(\C(=O)O)c1cn(C(c2ccccc2)(c2ccccc2)c2ccccc2)cn1)CN1C(=O)c2ccccc2C1=O. The molecule has 6 rings (SSSR count). The third kappa shape index (κ3) is 5.38. The highest BCUT2D eigenvalue weighted by atomic mass is 16.4. The maximum absolute atomic E-state index is 13.0. The number of nitrogens with zero attached hydrogens (tertiary/aromatic N) is 3. The largest absolute Gasteiger partial charge is 0.478 e. The molecular weight excluding hydrogens is 562 g/mol. The number of carbonyl (C=O) groups is 3. The van der Waals surface area contributed by atoms with Gasteiger partial charge in [0.15, 0.2) is 0 Å². The molecule has 1 aliphatic heterocycles. The molecule has 0 saturated carbocycles. The van der Waals surface area contributed by atoms with Gasteiger partial charge in [-0.3, -0.25) is 14.5 Å². The fourth-order valence-corrected chi connectivity index (χ4v) is 6.19. The maximum atomic E-state index is 13.0. The van der Waals surface area contributed by atoms with Crippen LogP contribution in [-0.2, 0) is 10.3 Å². The van der Waals surface area contributed by atoms with Gasteiger partial charge in [0, 0.05) is 12.7 Å². The summed E-state index contributed by atoms with van der Waals surface area (Å²) in [5, 5.41) is 10.3. The van der Waals surface area contributed by atoms with Crippen molar-refractivity contribution in [1.29, 1.82) is 0 Å². The van der Waals surface area contributed by atoms with Crippen LogP contribution in [0.3, 0.4) is 0 Å². The molecule has 1 aromatic heterocycles. The summed E-state index contributed by atoms with van der Waals surface area (Å²) in [5.41, 5.74) is 2.70. The summed E-state index contributed by atoms with van der Waals surface area (Å²) in [7, 11) is 0. The molecule has 0 fully saturated rings. The van der Waals surface area contributed by atoms with Crippen molar-refractivity contribution in [1.82, 2.24) is 14.5 Å². The highest BCUT2D eigenvalue weighted by molar-refractivity contribution is 6.21. The monoisotopic (exact) mass is 595 g/mol. The molecule has 0 bridgehead atoms. The Morgan fingerprint density at radius 2 is 1.18 bits per heavy atom. The first-order chi connectivity index (χ1) is 21.7. The number of benzene rings is 4. The minimum atomic E-state index is -1.11. The fourth-order valence-electron chi connectivity index (χ4n) is 6.19. The Morgan fingerprint density at radius 1 is 0.733 bits per heavy atom. The number of carboxylic acid groups (broad SMARTS) is 1. The van der Waals surface area contributed by atoms with Crippen LogP contribution in [0.5, 0.6) is 0 Å². The lowest BCUT2D eigenvalue weighted by Gasteiger charge is -2.37. The van der Waals surface area contributed by atoms with Crippen molar-refractivity contribution in [2.24, 2.45) is 5.41 Å². The van der Waals surface area contributed by atoms with Gasteiger partial charge in [-0.25, -0.2) is 9.78 Å². The van der Waals surface area contributed by atoms with E-state index in [9.17, 15) is 19.5 Å². The van der Waals surface area contributed by atoms with Crippen LogP contribution in [0, 0.1) is 5.41 Å². The Morgan fingerprint density at radius 3 is 1.62 bits per heavy atom. The van der Waals surface area contributed by atoms with Crippen molar-refractivity contribution in [3.8, 4) is 0 Å². The summed E-state index contributed by atoms with van der Waals surface area (Å²) in [6.45, 7) is 3.98. The smallest absolute Gasteiger partial charge is 0.337 e. The molecule has 0 spiro atoms. The molecule has 2 heterocycles. The number of carbonyl (C=O) groups excluding carboxylic acids is 2. The zero-order valence-electron chi connectivity index (χ0n) is 25.1. The van der Waals surface area contributed by atoms with E-state index >= 15 is 0 Å². The first-order valence-corrected chi connectivity index (χ1v) is 14.8.